The number of para-hydroxylation sites is 1. The van der Waals surface area contributed by atoms with Gasteiger partial charge in [-0.05, 0) is 61.5 Å². The summed E-state index contributed by atoms with van der Waals surface area (Å²) in [6.45, 7) is 2.45. The summed E-state index contributed by atoms with van der Waals surface area (Å²) in [5, 5.41) is 4.48. The van der Waals surface area contributed by atoms with Crippen molar-refractivity contribution in [2.24, 2.45) is 0 Å². The minimum atomic E-state index is -0.301. The largest absolute Gasteiger partial charge is 0.494 e. The third-order valence-electron chi connectivity index (χ3n) is 4.69. The molecule has 1 heterocycles. The van der Waals surface area contributed by atoms with Crippen LogP contribution < -0.4 is 15.6 Å². The first kappa shape index (κ1) is 23.2. The Bertz CT molecular complexity index is 1370. The van der Waals surface area contributed by atoms with Crippen LogP contribution in [0.15, 0.2) is 76.7 Å². The molecule has 4 aromatic rings. The molecule has 4 rings (SSSR count). The predicted octanol–water partition coefficient (Wildman–Crippen LogP) is 5.82. The van der Waals surface area contributed by atoms with E-state index in [1.165, 1.54) is 4.57 Å². The normalized spacial score (nSPS) is 10.9. The van der Waals surface area contributed by atoms with E-state index < -0.39 is 0 Å². The molecule has 0 aliphatic rings. The lowest BCUT2D eigenvalue weighted by Gasteiger charge is -2.14. The quantitative estimate of drug-likeness (QED) is 0.256. The van der Waals surface area contributed by atoms with E-state index in [1.807, 2.05) is 13.0 Å². The van der Waals surface area contributed by atoms with Crippen molar-refractivity contribution in [1.29, 1.82) is 0 Å². The van der Waals surface area contributed by atoms with E-state index in [9.17, 15) is 9.59 Å². The molecular formula is C24H19Cl2N3O3S. The number of carbonyl (C=O) groups excluding carboxylic acids is 1. The standard InChI is InChI=1S/C24H19Cl2N3O3S/c1-2-32-17-10-8-16(9-11-17)29-23(31)18-5-3-4-6-20(18)28-24(29)33-14-22(30)27-21-13-15(25)7-12-19(21)26/h3-13H,2,14H2,1H3,(H,27,30). The van der Waals surface area contributed by atoms with E-state index in [0.717, 1.165) is 11.8 Å². The number of carbonyl (C=O) groups is 1. The minimum Gasteiger partial charge on any atom is -0.494 e. The maximum Gasteiger partial charge on any atom is 0.266 e. The number of nitrogens with one attached hydrogen (secondary N) is 1. The van der Waals surface area contributed by atoms with Gasteiger partial charge in [0.15, 0.2) is 5.16 Å². The van der Waals surface area contributed by atoms with Crippen LogP contribution >= 0.6 is 35.0 Å². The summed E-state index contributed by atoms with van der Waals surface area (Å²) in [6, 6.07) is 19.1. The van der Waals surface area contributed by atoms with Crippen LogP contribution in [0.1, 0.15) is 6.92 Å². The van der Waals surface area contributed by atoms with E-state index in [1.54, 1.807) is 60.7 Å². The maximum atomic E-state index is 13.3. The molecule has 0 atom stereocenters. The zero-order chi connectivity index (χ0) is 23.4. The van der Waals surface area contributed by atoms with E-state index in [2.05, 4.69) is 10.3 Å². The van der Waals surface area contributed by atoms with E-state index >= 15 is 0 Å². The van der Waals surface area contributed by atoms with Gasteiger partial charge in [0, 0.05) is 5.02 Å². The van der Waals surface area contributed by atoms with Crippen LogP contribution in [0.25, 0.3) is 16.6 Å². The number of benzene rings is 3. The highest BCUT2D eigenvalue weighted by atomic mass is 35.5. The number of nitrogens with zero attached hydrogens (tertiary/aromatic N) is 2. The Kier molecular flexibility index (Phi) is 7.23. The van der Waals surface area contributed by atoms with Crippen LogP contribution in [0, 0.1) is 0 Å². The second-order valence-corrected chi connectivity index (χ2v) is 8.73. The molecule has 1 N–H and O–H groups in total. The highest BCUT2D eigenvalue weighted by Gasteiger charge is 2.15. The molecule has 0 saturated heterocycles. The Morgan fingerprint density at radius 2 is 1.85 bits per heavy atom. The highest BCUT2D eigenvalue weighted by Crippen LogP contribution is 2.27. The molecule has 0 bridgehead atoms. The van der Waals surface area contributed by atoms with Crippen LogP contribution in [0.2, 0.25) is 10.0 Å². The third kappa shape index (κ3) is 5.33. The lowest BCUT2D eigenvalue weighted by atomic mass is 10.2. The molecule has 1 amide bonds. The van der Waals surface area contributed by atoms with Crippen LogP contribution in [-0.4, -0.2) is 27.8 Å². The predicted molar refractivity (Wildman–Crippen MR) is 134 cm³/mol. The number of thioether (sulfide) groups is 1. The molecule has 0 unspecified atom stereocenters. The number of hydrogen-bond donors (Lipinski definition) is 1. The topological polar surface area (TPSA) is 73.2 Å². The van der Waals surface area contributed by atoms with E-state index in [0.29, 0.717) is 49.8 Å². The number of halogens is 2. The number of rotatable bonds is 7. The van der Waals surface area contributed by atoms with Crippen molar-refractivity contribution >= 4 is 57.5 Å². The number of hydrogen-bond acceptors (Lipinski definition) is 5. The fourth-order valence-electron chi connectivity index (χ4n) is 3.20. The second kappa shape index (κ2) is 10.3. The molecule has 0 aliphatic heterocycles. The molecule has 3 aromatic carbocycles. The lowest BCUT2D eigenvalue weighted by Crippen LogP contribution is -2.23. The molecule has 33 heavy (non-hydrogen) atoms. The van der Waals surface area contributed by atoms with Gasteiger partial charge in [-0.2, -0.15) is 0 Å². The van der Waals surface area contributed by atoms with Gasteiger partial charge in [-0.25, -0.2) is 4.98 Å². The van der Waals surface area contributed by atoms with Crippen molar-refractivity contribution in [3.63, 3.8) is 0 Å². The zero-order valence-electron chi connectivity index (χ0n) is 17.5. The van der Waals surface area contributed by atoms with Gasteiger partial charge in [0.1, 0.15) is 5.75 Å². The molecular weight excluding hydrogens is 481 g/mol. The smallest absolute Gasteiger partial charge is 0.266 e. The first-order valence-corrected chi connectivity index (χ1v) is 11.8. The Balaban J connectivity index is 1.66. The average Bonchev–Trinajstić information content (AvgIpc) is 2.81. The second-order valence-electron chi connectivity index (χ2n) is 6.94. The number of ether oxygens (including phenoxy) is 1. The van der Waals surface area contributed by atoms with Crippen molar-refractivity contribution in [3.05, 3.63) is 87.1 Å². The van der Waals surface area contributed by atoms with Crippen LogP contribution in [0.3, 0.4) is 0 Å². The number of amides is 1. The highest BCUT2D eigenvalue weighted by molar-refractivity contribution is 7.99. The first-order valence-electron chi connectivity index (χ1n) is 10.1. The molecule has 0 spiro atoms. The summed E-state index contributed by atoms with van der Waals surface area (Å²) in [7, 11) is 0. The van der Waals surface area contributed by atoms with E-state index in [4.69, 9.17) is 27.9 Å². The number of anilines is 1. The Labute approximate surface area is 204 Å². The third-order valence-corrected chi connectivity index (χ3v) is 6.19. The molecule has 9 heteroatoms. The van der Waals surface area contributed by atoms with Gasteiger partial charge in [0.25, 0.3) is 5.56 Å². The van der Waals surface area contributed by atoms with Gasteiger partial charge >= 0.3 is 0 Å². The summed E-state index contributed by atoms with van der Waals surface area (Å²) in [4.78, 5) is 30.6. The van der Waals surface area contributed by atoms with Gasteiger partial charge in [-0.1, -0.05) is 47.1 Å². The Morgan fingerprint density at radius 3 is 2.61 bits per heavy atom. The van der Waals surface area contributed by atoms with Gasteiger partial charge in [-0.15, -0.1) is 0 Å². The molecule has 1 aromatic heterocycles. The monoisotopic (exact) mass is 499 g/mol. The summed E-state index contributed by atoms with van der Waals surface area (Å²) in [5.41, 5.74) is 1.39. The molecule has 0 saturated carbocycles. The van der Waals surface area contributed by atoms with Gasteiger partial charge in [0.2, 0.25) is 5.91 Å². The lowest BCUT2D eigenvalue weighted by molar-refractivity contribution is -0.113. The number of aromatic nitrogens is 2. The van der Waals surface area contributed by atoms with Crippen LogP contribution in [0.4, 0.5) is 5.69 Å². The van der Waals surface area contributed by atoms with Crippen LogP contribution in [0.5, 0.6) is 5.75 Å². The summed E-state index contributed by atoms with van der Waals surface area (Å²) < 4.78 is 7.00. The zero-order valence-corrected chi connectivity index (χ0v) is 19.9. The average molecular weight is 500 g/mol. The first-order chi connectivity index (χ1) is 16.0. The van der Waals surface area contributed by atoms with Crippen LogP contribution in [-0.2, 0) is 4.79 Å². The van der Waals surface area contributed by atoms with Crippen molar-refractivity contribution in [1.82, 2.24) is 9.55 Å². The molecule has 168 valence electrons. The van der Waals surface area contributed by atoms with Crippen molar-refractivity contribution < 1.29 is 9.53 Å². The van der Waals surface area contributed by atoms with E-state index in [-0.39, 0.29) is 17.2 Å². The Morgan fingerprint density at radius 1 is 1.09 bits per heavy atom. The summed E-state index contributed by atoms with van der Waals surface area (Å²) >= 11 is 13.3. The fourth-order valence-corrected chi connectivity index (χ4v) is 4.35. The molecule has 6 nitrogen and oxygen atoms in total. The molecule has 0 radical (unpaired) electrons. The van der Waals surface area contributed by atoms with Crippen molar-refractivity contribution in [2.45, 2.75) is 12.1 Å². The van der Waals surface area contributed by atoms with Crippen molar-refractivity contribution in [3.8, 4) is 11.4 Å². The van der Waals surface area contributed by atoms with Gasteiger partial charge < -0.3 is 10.1 Å². The minimum absolute atomic E-state index is 0.0185. The Hall–Kier alpha value is -3.00. The molecule has 0 aliphatic carbocycles. The maximum absolute atomic E-state index is 13.3. The number of fused-ring (bicyclic) bond motifs is 1. The van der Waals surface area contributed by atoms with Gasteiger partial charge in [-0.3, -0.25) is 14.2 Å². The van der Waals surface area contributed by atoms with Crippen molar-refractivity contribution in [2.75, 3.05) is 17.7 Å². The molecule has 0 fully saturated rings. The SMILES string of the molecule is CCOc1ccc(-n2c(SCC(=O)Nc3cc(Cl)ccc3Cl)nc3ccccc3c2=O)cc1. The van der Waals surface area contributed by atoms with Gasteiger partial charge in [0.05, 0.1) is 39.7 Å². The summed E-state index contributed by atoms with van der Waals surface area (Å²) in [5.74, 6) is 0.421. The summed E-state index contributed by atoms with van der Waals surface area (Å²) in [6.07, 6.45) is 0. The fraction of sp³-hybridized carbons (Fsp3) is 0.125.